The molecule has 6 heteroatoms. The second-order valence-electron chi connectivity index (χ2n) is 4.85. The van der Waals surface area contributed by atoms with Gasteiger partial charge in [0.05, 0.1) is 18.6 Å². The van der Waals surface area contributed by atoms with Gasteiger partial charge in [-0.2, -0.15) is 13.2 Å². The number of alkyl halides is 3. The number of carbonyl (C=O) groups excluding carboxylic acids is 1. The van der Waals surface area contributed by atoms with Crippen LogP contribution in [0, 0.1) is 5.92 Å². The summed E-state index contributed by atoms with van der Waals surface area (Å²) in [4.78, 5) is 11.8. The summed E-state index contributed by atoms with van der Waals surface area (Å²) in [7, 11) is 1.30. The van der Waals surface area contributed by atoms with Crippen molar-refractivity contribution in [2.24, 2.45) is 5.92 Å². The summed E-state index contributed by atoms with van der Waals surface area (Å²) in [5.74, 6) is -1.06. The van der Waals surface area contributed by atoms with Gasteiger partial charge >= 0.3 is 12.1 Å². The molecule has 1 saturated heterocycles. The summed E-state index contributed by atoms with van der Waals surface area (Å²) in [5.41, 5.74) is -0.174. The van der Waals surface area contributed by atoms with Crippen molar-refractivity contribution in [2.75, 3.05) is 20.2 Å². The van der Waals surface area contributed by atoms with Gasteiger partial charge in [0.15, 0.2) is 0 Å². The fraction of sp³-hybridized carbons (Fsp3) is 0.500. The zero-order chi connectivity index (χ0) is 14.8. The molecule has 0 aliphatic carbocycles. The summed E-state index contributed by atoms with van der Waals surface area (Å²) in [5, 5.41) is 3.11. The van der Waals surface area contributed by atoms with Crippen molar-refractivity contribution in [3.05, 3.63) is 35.4 Å². The zero-order valence-electron chi connectivity index (χ0n) is 11.0. The van der Waals surface area contributed by atoms with E-state index in [9.17, 15) is 18.0 Å². The number of carbonyl (C=O) groups is 1. The van der Waals surface area contributed by atoms with Crippen LogP contribution in [0.4, 0.5) is 13.2 Å². The van der Waals surface area contributed by atoms with Crippen LogP contribution in [0.3, 0.4) is 0 Å². The maximum Gasteiger partial charge on any atom is 0.416 e. The standard InChI is InChI=1S/C14H16F3NO2/c1-20-13(19)11-5-6-18-8-12(11)9-3-2-4-10(7-9)14(15,16)17/h2-4,7,11-12,18H,5-6,8H2,1H3/t11-,12+/m0/s1. The van der Waals surface area contributed by atoms with Gasteiger partial charge in [-0.15, -0.1) is 0 Å². The first kappa shape index (κ1) is 14.8. The first-order chi connectivity index (χ1) is 9.43. The minimum atomic E-state index is -4.38. The van der Waals surface area contributed by atoms with Crippen LogP contribution in [-0.4, -0.2) is 26.2 Å². The van der Waals surface area contributed by atoms with Crippen molar-refractivity contribution < 1.29 is 22.7 Å². The lowest BCUT2D eigenvalue weighted by Crippen LogP contribution is -2.39. The molecule has 1 N–H and O–H groups in total. The fourth-order valence-corrected chi connectivity index (χ4v) is 2.59. The van der Waals surface area contributed by atoms with Crippen LogP contribution in [0.5, 0.6) is 0 Å². The zero-order valence-corrected chi connectivity index (χ0v) is 11.0. The van der Waals surface area contributed by atoms with E-state index >= 15 is 0 Å². The molecule has 0 saturated carbocycles. The number of esters is 1. The van der Waals surface area contributed by atoms with Crippen molar-refractivity contribution in [1.82, 2.24) is 5.32 Å². The monoisotopic (exact) mass is 287 g/mol. The number of piperidine rings is 1. The minimum absolute atomic E-state index is 0.293. The molecule has 2 rings (SSSR count). The summed E-state index contributed by atoms with van der Waals surface area (Å²) in [6.45, 7) is 1.14. The SMILES string of the molecule is COC(=O)[C@H]1CCNC[C@@H]1c1cccc(C(F)(F)F)c1. The Balaban J connectivity index is 2.30. The molecule has 1 aromatic rings. The Bertz CT molecular complexity index is 488. The summed E-state index contributed by atoms with van der Waals surface area (Å²) >= 11 is 0. The number of ether oxygens (including phenoxy) is 1. The number of benzene rings is 1. The Morgan fingerprint density at radius 3 is 2.80 bits per heavy atom. The maximum atomic E-state index is 12.7. The van der Waals surface area contributed by atoms with Crippen molar-refractivity contribution >= 4 is 5.97 Å². The maximum absolute atomic E-state index is 12.7. The lowest BCUT2D eigenvalue weighted by Gasteiger charge is -2.30. The van der Waals surface area contributed by atoms with Gasteiger partial charge in [-0.3, -0.25) is 4.79 Å². The molecular weight excluding hydrogens is 271 g/mol. The van der Waals surface area contributed by atoms with Crippen LogP contribution < -0.4 is 5.32 Å². The number of nitrogens with one attached hydrogen (secondary N) is 1. The summed E-state index contributed by atoms with van der Waals surface area (Å²) < 4.78 is 43.0. The van der Waals surface area contributed by atoms with Crippen molar-refractivity contribution in [1.29, 1.82) is 0 Å². The van der Waals surface area contributed by atoms with Crippen molar-refractivity contribution in [3.8, 4) is 0 Å². The molecule has 1 heterocycles. The van der Waals surface area contributed by atoms with E-state index in [4.69, 9.17) is 4.74 Å². The largest absolute Gasteiger partial charge is 0.469 e. The van der Waals surface area contributed by atoms with Gasteiger partial charge in [0.25, 0.3) is 0 Å². The third-order valence-electron chi connectivity index (χ3n) is 3.63. The lowest BCUT2D eigenvalue weighted by molar-refractivity contribution is -0.147. The highest BCUT2D eigenvalue weighted by Crippen LogP contribution is 2.35. The summed E-state index contributed by atoms with van der Waals surface area (Å²) in [6.07, 6.45) is -3.81. The van der Waals surface area contributed by atoms with E-state index < -0.39 is 17.7 Å². The Labute approximate surface area is 115 Å². The van der Waals surface area contributed by atoms with Gasteiger partial charge in [-0.25, -0.2) is 0 Å². The number of halogens is 3. The van der Waals surface area contributed by atoms with Crippen molar-refractivity contribution in [2.45, 2.75) is 18.5 Å². The van der Waals surface area contributed by atoms with Gasteiger partial charge in [-0.05, 0) is 24.6 Å². The molecule has 0 aromatic heterocycles. The molecule has 1 aliphatic heterocycles. The predicted octanol–water partition coefficient (Wildman–Crippen LogP) is 2.57. The second kappa shape index (κ2) is 5.83. The van der Waals surface area contributed by atoms with Crippen LogP contribution in [-0.2, 0) is 15.7 Å². The van der Waals surface area contributed by atoms with Gasteiger partial charge in [-0.1, -0.05) is 18.2 Å². The van der Waals surface area contributed by atoms with Crippen LogP contribution in [0.2, 0.25) is 0 Å². The number of hydrogen-bond donors (Lipinski definition) is 1. The molecule has 20 heavy (non-hydrogen) atoms. The Morgan fingerprint density at radius 2 is 2.15 bits per heavy atom. The molecule has 0 unspecified atom stereocenters. The fourth-order valence-electron chi connectivity index (χ4n) is 2.59. The number of methoxy groups -OCH3 is 1. The molecule has 2 atom stereocenters. The van der Waals surface area contributed by atoms with E-state index in [-0.39, 0.29) is 11.9 Å². The molecule has 1 aliphatic rings. The summed E-state index contributed by atoms with van der Waals surface area (Å²) in [6, 6.07) is 5.16. The van der Waals surface area contributed by atoms with E-state index in [0.29, 0.717) is 25.1 Å². The molecule has 1 fully saturated rings. The Morgan fingerprint density at radius 1 is 1.40 bits per heavy atom. The quantitative estimate of drug-likeness (QED) is 0.850. The van der Waals surface area contributed by atoms with E-state index in [1.54, 1.807) is 6.07 Å². The smallest absolute Gasteiger partial charge is 0.416 e. The molecule has 110 valence electrons. The Hall–Kier alpha value is -1.56. The molecule has 0 spiro atoms. The second-order valence-corrected chi connectivity index (χ2v) is 4.85. The van der Waals surface area contributed by atoms with Crippen LogP contribution in [0.15, 0.2) is 24.3 Å². The van der Waals surface area contributed by atoms with E-state index in [1.807, 2.05) is 0 Å². The third-order valence-corrected chi connectivity index (χ3v) is 3.63. The highest BCUT2D eigenvalue weighted by Gasteiger charge is 2.35. The van der Waals surface area contributed by atoms with E-state index in [2.05, 4.69) is 5.32 Å². The number of hydrogen-bond acceptors (Lipinski definition) is 3. The minimum Gasteiger partial charge on any atom is -0.469 e. The number of rotatable bonds is 2. The first-order valence-corrected chi connectivity index (χ1v) is 6.39. The molecule has 1 aromatic carbocycles. The van der Waals surface area contributed by atoms with Crippen LogP contribution >= 0.6 is 0 Å². The highest BCUT2D eigenvalue weighted by atomic mass is 19.4. The van der Waals surface area contributed by atoms with Crippen LogP contribution in [0.25, 0.3) is 0 Å². The van der Waals surface area contributed by atoms with Gasteiger partial charge in [0.2, 0.25) is 0 Å². The Kier molecular flexibility index (Phi) is 4.32. The molecule has 0 bridgehead atoms. The molecule has 3 nitrogen and oxygen atoms in total. The highest BCUT2D eigenvalue weighted by molar-refractivity contribution is 5.73. The average molecular weight is 287 g/mol. The molecule has 0 radical (unpaired) electrons. The van der Waals surface area contributed by atoms with Gasteiger partial charge < -0.3 is 10.1 Å². The van der Waals surface area contributed by atoms with E-state index in [1.165, 1.54) is 13.2 Å². The topological polar surface area (TPSA) is 38.3 Å². The van der Waals surface area contributed by atoms with Crippen molar-refractivity contribution in [3.63, 3.8) is 0 Å². The van der Waals surface area contributed by atoms with Crippen LogP contribution in [0.1, 0.15) is 23.5 Å². The third kappa shape index (κ3) is 3.12. The first-order valence-electron chi connectivity index (χ1n) is 6.39. The predicted molar refractivity (Wildman–Crippen MR) is 67.2 cm³/mol. The van der Waals surface area contributed by atoms with Gasteiger partial charge in [0, 0.05) is 12.5 Å². The molecular formula is C14H16F3NO2. The average Bonchev–Trinajstić information content (AvgIpc) is 2.45. The normalized spacial score (nSPS) is 23.4. The van der Waals surface area contributed by atoms with Gasteiger partial charge in [0.1, 0.15) is 0 Å². The van der Waals surface area contributed by atoms with E-state index in [0.717, 1.165) is 12.1 Å². The lowest BCUT2D eigenvalue weighted by atomic mass is 9.81. The molecule has 0 amide bonds.